The highest BCUT2D eigenvalue weighted by Crippen LogP contribution is 1.91. The fraction of sp³-hybridized carbons (Fsp3) is 0.857. The molecule has 4 nitrogen and oxygen atoms in total. The van der Waals surface area contributed by atoms with E-state index in [1.165, 1.54) is 0 Å². The summed E-state index contributed by atoms with van der Waals surface area (Å²) in [5.74, 6) is -0.749. The van der Waals surface area contributed by atoms with E-state index in [2.05, 4.69) is 4.74 Å². The first-order valence-corrected chi connectivity index (χ1v) is 3.68. The number of carbonyl (C=O) groups is 1. The van der Waals surface area contributed by atoms with Crippen LogP contribution in [0.5, 0.6) is 0 Å². The van der Waals surface area contributed by atoms with Crippen LogP contribution >= 0.6 is 0 Å². The van der Waals surface area contributed by atoms with Crippen LogP contribution in [0.1, 0.15) is 19.8 Å². The number of carbonyl (C=O) groups excluding carboxylic acids is 1. The maximum absolute atomic E-state index is 10.6. The molecule has 0 aliphatic carbocycles. The van der Waals surface area contributed by atoms with Gasteiger partial charge in [-0.2, -0.15) is 0 Å². The van der Waals surface area contributed by atoms with E-state index in [-0.39, 0.29) is 0 Å². The van der Waals surface area contributed by atoms with Crippen LogP contribution in [-0.2, 0) is 9.53 Å². The molecule has 4 heteroatoms. The highest BCUT2D eigenvalue weighted by Gasteiger charge is 2.13. The molecule has 0 heterocycles. The van der Waals surface area contributed by atoms with Crippen molar-refractivity contribution >= 4 is 5.97 Å². The van der Waals surface area contributed by atoms with Gasteiger partial charge in [-0.3, -0.25) is 0 Å². The van der Waals surface area contributed by atoms with Gasteiger partial charge < -0.3 is 14.9 Å². The average Bonchev–Trinajstić information content (AvgIpc) is 2.03. The number of aliphatic hydroxyl groups is 2. The van der Waals surface area contributed by atoms with Crippen molar-refractivity contribution in [3.8, 4) is 0 Å². The lowest BCUT2D eigenvalue weighted by Crippen LogP contribution is -2.26. The largest absolute Gasteiger partial charge is 0.464 e. The number of hydrogen-bond donors (Lipinski definition) is 2. The second-order valence-electron chi connectivity index (χ2n) is 2.22. The molecule has 66 valence electrons. The summed E-state index contributed by atoms with van der Waals surface area (Å²) in [6.07, 6.45) is 0.332. The maximum Gasteiger partial charge on any atom is 0.337 e. The van der Waals surface area contributed by atoms with E-state index >= 15 is 0 Å². The number of aliphatic hydroxyl groups excluding tert-OH is 2. The Morgan fingerprint density at radius 3 is 2.73 bits per heavy atom. The Kier molecular flexibility index (Phi) is 5.78. The van der Waals surface area contributed by atoms with E-state index in [4.69, 9.17) is 10.2 Å². The van der Waals surface area contributed by atoms with Crippen LogP contribution in [0, 0.1) is 0 Å². The van der Waals surface area contributed by atoms with E-state index in [1.54, 1.807) is 0 Å². The van der Waals surface area contributed by atoms with E-state index in [1.807, 2.05) is 6.92 Å². The molecule has 0 aliphatic rings. The molecule has 0 aromatic heterocycles. The molecule has 0 aliphatic heterocycles. The molecule has 0 aromatic rings. The first-order valence-electron chi connectivity index (χ1n) is 3.68. The van der Waals surface area contributed by atoms with Crippen LogP contribution in [0.3, 0.4) is 0 Å². The van der Waals surface area contributed by atoms with Gasteiger partial charge in [0.15, 0.2) is 6.10 Å². The minimum atomic E-state index is -1.38. The summed E-state index contributed by atoms with van der Waals surface area (Å²) in [5, 5.41) is 17.0. The van der Waals surface area contributed by atoms with Crippen molar-refractivity contribution in [1.29, 1.82) is 0 Å². The third-order valence-corrected chi connectivity index (χ3v) is 1.19. The second-order valence-corrected chi connectivity index (χ2v) is 2.22. The van der Waals surface area contributed by atoms with Crippen molar-refractivity contribution in [2.24, 2.45) is 0 Å². The van der Waals surface area contributed by atoms with Crippen LogP contribution in [0.15, 0.2) is 0 Å². The van der Waals surface area contributed by atoms with Crippen molar-refractivity contribution in [3.05, 3.63) is 0 Å². The third kappa shape index (κ3) is 4.75. The zero-order valence-electron chi connectivity index (χ0n) is 6.62. The lowest BCUT2D eigenvalue weighted by atomic mass is 10.3. The van der Waals surface area contributed by atoms with Gasteiger partial charge in [0.1, 0.15) is 0 Å². The highest BCUT2D eigenvalue weighted by atomic mass is 16.5. The number of esters is 1. The molecule has 0 amide bonds. The number of unbranched alkanes of at least 4 members (excludes halogenated alkanes) is 1. The van der Waals surface area contributed by atoms with Gasteiger partial charge in [-0.05, 0) is 6.42 Å². The Hall–Kier alpha value is -0.610. The van der Waals surface area contributed by atoms with Crippen molar-refractivity contribution in [3.63, 3.8) is 0 Å². The van der Waals surface area contributed by atoms with Gasteiger partial charge in [0.25, 0.3) is 0 Å². The Morgan fingerprint density at radius 2 is 2.27 bits per heavy atom. The summed E-state index contributed by atoms with van der Waals surface area (Å²) in [5.41, 5.74) is 0. The van der Waals surface area contributed by atoms with Crippen molar-refractivity contribution in [2.75, 3.05) is 13.2 Å². The normalized spacial score (nSPS) is 12.6. The fourth-order valence-electron chi connectivity index (χ4n) is 0.488. The highest BCUT2D eigenvalue weighted by molar-refractivity contribution is 5.74. The van der Waals surface area contributed by atoms with Gasteiger partial charge in [0.2, 0.25) is 0 Å². The molecule has 0 unspecified atom stereocenters. The predicted molar refractivity (Wildman–Crippen MR) is 39.0 cm³/mol. The lowest BCUT2D eigenvalue weighted by molar-refractivity contribution is -0.155. The van der Waals surface area contributed by atoms with Crippen molar-refractivity contribution in [2.45, 2.75) is 25.9 Å². The molecule has 1 atom stereocenters. The van der Waals surface area contributed by atoms with Gasteiger partial charge in [-0.25, -0.2) is 4.79 Å². The monoisotopic (exact) mass is 162 g/mol. The van der Waals surface area contributed by atoms with Gasteiger partial charge in [-0.15, -0.1) is 0 Å². The Bertz CT molecular complexity index is 113. The molecular weight excluding hydrogens is 148 g/mol. The summed E-state index contributed by atoms with van der Waals surface area (Å²) in [4.78, 5) is 10.6. The van der Waals surface area contributed by atoms with E-state index in [0.717, 1.165) is 12.8 Å². The molecule has 0 fully saturated rings. The molecule has 0 radical (unpaired) electrons. The predicted octanol–water partition coefficient (Wildman–Crippen LogP) is -0.317. The molecule has 0 bridgehead atoms. The summed E-state index contributed by atoms with van der Waals surface area (Å²) in [6, 6.07) is 0. The van der Waals surface area contributed by atoms with Crippen LogP contribution < -0.4 is 0 Å². The zero-order valence-corrected chi connectivity index (χ0v) is 6.62. The number of rotatable bonds is 5. The molecule has 0 saturated heterocycles. The first kappa shape index (κ1) is 10.4. The molecule has 2 N–H and O–H groups in total. The summed E-state index contributed by atoms with van der Waals surface area (Å²) >= 11 is 0. The van der Waals surface area contributed by atoms with Crippen LogP contribution in [-0.4, -0.2) is 35.5 Å². The van der Waals surface area contributed by atoms with Crippen LogP contribution in [0.25, 0.3) is 0 Å². The van der Waals surface area contributed by atoms with E-state index in [0.29, 0.717) is 6.61 Å². The Labute approximate surface area is 65.8 Å². The van der Waals surface area contributed by atoms with Crippen molar-refractivity contribution in [1.82, 2.24) is 0 Å². The Morgan fingerprint density at radius 1 is 1.64 bits per heavy atom. The number of ether oxygens (including phenoxy) is 1. The molecule has 0 saturated carbocycles. The maximum atomic E-state index is 10.6. The van der Waals surface area contributed by atoms with Crippen LogP contribution in [0.2, 0.25) is 0 Å². The summed E-state index contributed by atoms with van der Waals surface area (Å²) in [7, 11) is 0. The first-order chi connectivity index (χ1) is 5.22. The summed E-state index contributed by atoms with van der Waals surface area (Å²) in [6.45, 7) is 1.70. The van der Waals surface area contributed by atoms with Gasteiger partial charge >= 0.3 is 5.97 Å². The van der Waals surface area contributed by atoms with Gasteiger partial charge in [-0.1, -0.05) is 13.3 Å². The second kappa shape index (κ2) is 6.12. The van der Waals surface area contributed by atoms with Gasteiger partial charge in [0.05, 0.1) is 13.2 Å². The molecule has 0 spiro atoms. The summed E-state index contributed by atoms with van der Waals surface area (Å²) < 4.78 is 4.59. The molecule has 0 aromatic carbocycles. The van der Waals surface area contributed by atoms with E-state index < -0.39 is 18.7 Å². The molecule has 11 heavy (non-hydrogen) atoms. The van der Waals surface area contributed by atoms with Gasteiger partial charge in [0, 0.05) is 0 Å². The standard InChI is InChI=1S/C7H14O4/c1-2-3-4-11-7(10)6(9)5-8/h6,8-9H,2-5H2,1H3/t6-/m1/s1. The quantitative estimate of drug-likeness (QED) is 0.429. The minimum absolute atomic E-state index is 0.312. The lowest BCUT2D eigenvalue weighted by Gasteiger charge is -2.06. The van der Waals surface area contributed by atoms with Crippen molar-refractivity contribution < 1.29 is 19.7 Å². The SMILES string of the molecule is CCCCOC(=O)[C@H](O)CO. The topological polar surface area (TPSA) is 66.8 Å². The number of hydrogen-bond acceptors (Lipinski definition) is 4. The van der Waals surface area contributed by atoms with E-state index in [9.17, 15) is 4.79 Å². The zero-order chi connectivity index (χ0) is 8.69. The fourth-order valence-corrected chi connectivity index (χ4v) is 0.488. The third-order valence-electron chi connectivity index (χ3n) is 1.19. The smallest absolute Gasteiger partial charge is 0.337 e. The minimum Gasteiger partial charge on any atom is -0.464 e. The molecule has 0 rings (SSSR count). The Balaban J connectivity index is 3.36. The molecular formula is C7H14O4. The van der Waals surface area contributed by atoms with Crippen LogP contribution in [0.4, 0.5) is 0 Å². The average molecular weight is 162 g/mol.